The van der Waals surface area contributed by atoms with Crippen molar-refractivity contribution in [2.45, 2.75) is 37.2 Å². The van der Waals surface area contributed by atoms with Crippen LogP contribution in [0.25, 0.3) is 0 Å². The van der Waals surface area contributed by atoms with E-state index in [-0.39, 0.29) is 4.90 Å². The van der Waals surface area contributed by atoms with E-state index in [1.54, 1.807) is 19.1 Å². The highest BCUT2D eigenvalue weighted by atomic mass is 32.2. The normalized spacial score (nSPS) is 18.4. The summed E-state index contributed by atoms with van der Waals surface area (Å²) in [5.74, 6) is -0.475. The Morgan fingerprint density at radius 2 is 1.71 bits per heavy atom. The maximum absolute atomic E-state index is 13.2. The summed E-state index contributed by atoms with van der Waals surface area (Å²) >= 11 is 0. The molecule has 0 spiro atoms. The van der Waals surface area contributed by atoms with Gasteiger partial charge in [-0.3, -0.25) is 4.79 Å². The number of sulfonamides is 1. The SMILES string of the molecule is C[C@@H](Oc1ccc(F)cc1)C(=O)Nc1cc(S(=O)(=O)N2CCCCC2)ccc1N1CCOCC1. The van der Waals surface area contributed by atoms with Gasteiger partial charge in [0.15, 0.2) is 6.10 Å². The summed E-state index contributed by atoms with van der Waals surface area (Å²) in [5, 5.41) is 2.85. The second-order valence-corrected chi connectivity index (χ2v) is 10.4. The average molecular weight is 492 g/mol. The first-order valence-electron chi connectivity index (χ1n) is 11.5. The number of halogens is 1. The van der Waals surface area contributed by atoms with Gasteiger partial charge in [-0.2, -0.15) is 4.31 Å². The zero-order valence-corrected chi connectivity index (χ0v) is 20.0. The predicted molar refractivity (Wildman–Crippen MR) is 127 cm³/mol. The Hall–Kier alpha value is -2.69. The number of hydrogen-bond donors (Lipinski definition) is 1. The molecule has 1 amide bonds. The van der Waals surface area contributed by atoms with E-state index in [1.165, 1.54) is 34.6 Å². The topological polar surface area (TPSA) is 88.2 Å². The lowest BCUT2D eigenvalue weighted by molar-refractivity contribution is -0.122. The highest BCUT2D eigenvalue weighted by Gasteiger charge is 2.28. The lowest BCUT2D eigenvalue weighted by atomic mass is 10.2. The number of benzene rings is 2. The summed E-state index contributed by atoms with van der Waals surface area (Å²) in [4.78, 5) is 15.2. The molecule has 1 atom stereocenters. The molecule has 0 radical (unpaired) electrons. The van der Waals surface area contributed by atoms with Crippen LogP contribution >= 0.6 is 0 Å². The lowest BCUT2D eigenvalue weighted by Crippen LogP contribution is -2.38. The van der Waals surface area contributed by atoms with Crippen LogP contribution < -0.4 is 15.0 Å². The van der Waals surface area contributed by atoms with Gasteiger partial charge in [-0.25, -0.2) is 12.8 Å². The third-order valence-corrected chi connectivity index (χ3v) is 7.92. The number of rotatable bonds is 7. The molecular formula is C24H30FN3O5S. The third-order valence-electron chi connectivity index (χ3n) is 6.03. The van der Waals surface area contributed by atoms with Gasteiger partial charge in [0.25, 0.3) is 5.91 Å². The molecule has 2 aliphatic rings. The molecule has 2 aromatic rings. The van der Waals surface area contributed by atoms with E-state index in [0.717, 1.165) is 24.9 Å². The van der Waals surface area contributed by atoms with Crippen LogP contribution in [0.3, 0.4) is 0 Å². The van der Waals surface area contributed by atoms with Crippen molar-refractivity contribution in [3.63, 3.8) is 0 Å². The minimum Gasteiger partial charge on any atom is -0.481 e. The largest absolute Gasteiger partial charge is 0.481 e. The van der Waals surface area contributed by atoms with Crippen LogP contribution in [0.15, 0.2) is 47.4 Å². The van der Waals surface area contributed by atoms with Gasteiger partial charge in [0.1, 0.15) is 11.6 Å². The maximum atomic E-state index is 13.2. The van der Waals surface area contributed by atoms with E-state index < -0.39 is 27.9 Å². The van der Waals surface area contributed by atoms with Crippen LogP contribution in [0.2, 0.25) is 0 Å². The molecule has 2 heterocycles. The molecule has 4 rings (SSSR count). The fourth-order valence-electron chi connectivity index (χ4n) is 4.12. The van der Waals surface area contributed by atoms with Crippen molar-refractivity contribution < 1.29 is 27.1 Å². The van der Waals surface area contributed by atoms with Gasteiger partial charge in [-0.1, -0.05) is 6.42 Å². The number of anilines is 2. The number of nitrogens with one attached hydrogen (secondary N) is 1. The van der Waals surface area contributed by atoms with Crippen LogP contribution in [0, 0.1) is 5.82 Å². The Morgan fingerprint density at radius 1 is 1.03 bits per heavy atom. The van der Waals surface area contributed by atoms with Gasteiger partial charge >= 0.3 is 0 Å². The molecule has 2 fully saturated rings. The summed E-state index contributed by atoms with van der Waals surface area (Å²) in [6, 6.07) is 10.3. The zero-order valence-electron chi connectivity index (χ0n) is 19.2. The van der Waals surface area contributed by atoms with Gasteiger partial charge in [-0.15, -0.1) is 0 Å². The standard InChI is InChI=1S/C24H30FN3O5S/c1-18(33-20-7-5-19(25)6-8-20)24(29)26-22-17-21(34(30,31)28-11-3-2-4-12-28)9-10-23(22)27-13-15-32-16-14-27/h5-10,17-18H,2-4,11-16H2,1H3,(H,26,29)/t18-/m1/s1. The Balaban J connectivity index is 1.59. The second-order valence-electron chi connectivity index (χ2n) is 8.45. The molecule has 34 heavy (non-hydrogen) atoms. The van der Waals surface area contributed by atoms with E-state index in [4.69, 9.17) is 9.47 Å². The van der Waals surface area contributed by atoms with E-state index >= 15 is 0 Å². The molecule has 8 nitrogen and oxygen atoms in total. The molecule has 0 unspecified atom stereocenters. The van der Waals surface area contributed by atoms with Crippen LogP contribution in [-0.4, -0.2) is 64.1 Å². The molecule has 1 N–H and O–H groups in total. The van der Waals surface area contributed by atoms with E-state index in [1.807, 2.05) is 0 Å². The highest BCUT2D eigenvalue weighted by Crippen LogP contribution is 2.32. The van der Waals surface area contributed by atoms with Gasteiger partial charge < -0.3 is 19.7 Å². The van der Waals surface area contributed by atoms with Crippen molar-refractivity contribution in [3.05, 3.63) is 48.3 Å². The van der Waals surface area contributed by atoms with Crippen molar-refractivity contribution in [3.8, 4) is 5.75 Å². The number of piperidine rings is 1. The van der Waals surface area contributed by atoms with Crippen LogP contribution in [-0.2, 0) is 19.6 Å². The zero-order chi connectivity index (χ0) is 24.1. The molecule has 2 saturated heterocycles. The highest BCUT2D eigenvalue weighted by molar-refractivity contribution is 7.89. The minimum atomic E-state index is -3.67. The molecule has 0 bridgehead atoms. The predicted octanol–water partition coefficient (Wildman–Crippen LogP) is 3.24. The quantitative estimate of drug-likeness (QED) is 0.640. The smallest absolute Gasteiger partial charge is 0.265 e. The van der Waals surface area contributed by atoms with Crippen molar-refractivity contribution in [2.75, 3.05) is 49.6 Å². The molecular weight excluding hydrogens is 461 g/mol. The Morgan fingerprint density at radius 3 is 2.38 bits per heavy atom. The molecule has 10 heteroatoms. The van der Waals surface area contributed by atoms with Gasteiger partial charge in [0.05, 0.1) is 29.5 Å². The molecule has 2 aliphatic heterocycles. The van der Waals surface area contributed by atoms with Crippen LogP contribution in [0.4, 0.5) is 15.8 Å². The minimum absolute atomic E-state index is 0.147. The Labute approximate surface area is 199 Å². The summed E-state index contributed by atoms with van der Waals surface area (Å²) < 4.78 is 52.2. The van der Waals surface area contributed by atoms with Crippen LogP contribution in [0.1, 0.15) is 26.2 Å². The Kier molecular flexibility index (Phi) is 7.70. The van der Waals surface area contributed by atoms with Crippen molar-refractivity contribution in [1.29, 1.82) is 0 Å². The van der Waals surface area contributed by atoms with Gasteiger partial charge in [0, 0.05) is 26.2 Å². The number of amides is 1. The number of ether oxygens (including phenoxy) is 2. The van der Waals surface area contributed by atoms with Gasteiger partial charge in [0.2, 0.25) is 10.0 Å². The number of carbonyl (C=O) groups excluding carboxylic acids is 1. The summed E-state index contributed by atoms with van der Waals surface area (Å²) in [6.45, 7) is 4.93. The summed E-state index contributed by atoms with van der Waals surface area (Å²) in [5.41, 5.74) is 1.13. The van der Waals surface area contributed by atoms with Crippen molar-refractivity contribution in [1.82, 2.24) is 4.31 Å². The first-order valence-corrected chi connectivity index (χ1v) is 13.0. The third kappa shape index (κ3) is 5.68. The van der Waals surface area contributed by atoms with Crippen molar-refractivity contribution in [2.24, 2.45) is 0 Å². The molecule has 0 aromatic heterocycles. The fraction of sp³-hybridized carbons (Fsp3) is 0.458. The fourth-order valence-corrected chi connectivity index (χ4v) is 5.66. The molecule has 0 saturated carbocycles. The number of carbonyl (C=O) groups is 1. The van der Waals surface area contributed by atoms with Gasteiger partial charge in [-0.05, 0) is 62.2 Å². The van der Waals surface area contributed by atoms with E-state index in [0.29, 0.717) is 50.8 Å². The summed E-state index contributed by atoms with van der Waals surface area (Å²) in [7, 11) is -3.67. The number of nitrogens with zero attached hydrogens (tertiary/aromatic N) is 2. The number of morpholine rings is 1. The van der Waals surface area contributed by atoms with E-state index in [2.05, 4.69) is 10.2 Å². The van der Waals surface area contributed by atoms with Crippen LogP contribution in [0.5, 0.6) is 5.75 Å². The monoisotopic (exact) mass is 491 g/mol. The second kappa shape index (κ2) is 10.7. The Bertz CT molecular complexity index is 1100. The average Bonchev–Trinajstić information content (AvgIpc) is 2.86. The molecule has 2 aromatic carbocycles. The van der Waals surface area contributed by atoms with E-state index in [9.17, 15) is 17.6 Å². The lowest BCUT2D eigenvalue weighted by Gasteiger charge is -2.31. The maximum Gasteiger partial charge on any atom is 0.265 e. The first-order chi connectivity index (χ1) is 16.3. The number of hydrogen-bond acceptors (Lipinski definition) is 6. The molecule has 184 valence electrons. The molecule has 0 aliphatic carbocycles. The van der Waals surface area contributed by atoms with Crippen molar-refractivity contribution >= 4 is 27.3 Å². The summed E-state index contributed by atoms with van der Waals surface area (Å²) in [6.07, 6.45) is 1.82. The first kappa shape index (κ1) is 24.4.